The summed E-state index contributed by atoms with van der Waals surface area (Å²) in [5.74, 6) is 0. The lowest BCUT2D eigenvalue weighted by Gasteiger charge is -2.34. The molecule has 1 saturated heterocycles. The summed E-state index contributed by atoms with van der Waals surface area (Å²) in [6, 6.07) is 4.60. The Morgan fingerprint density at radius 3 is 3.05 bits per heavy atom. The van der Waals surface area contributed by atoms with Gasteiger partial charge in [-0.15, -0.1) is 11.3 Å². The van der Waals surface area contributed by atoms with Crippen LogP contribution in [0.5, 0.6) is 0 Å². The molecule has 2 atom stereocenters. The van der Waals surface area contributed by atoms with Crippen LogP contribution < -0.4 is 5.32 Å². The van der Waals surface area contributed by atoms with Crippen LogP contribution in [0.2, 0.25) is 0 Å². The lowest BCUT2D eigenvalue weighted by atomic mass is 10.2. The van der Waals surface area contributed by atoms with Crippen LogP contribution in [0.1, 0.15) is 23.6 Å². The SMILES string of the molecule is Cc1ccc(CC(C)NC(=O)N2CCOCC2C)s1. The largest absolute Gasteiger partial charge is 0.377 e. The smallest absolute Gasteiger partial charge is 0.318 e. The van der Waals surface area contributed by atoms with Crippen molar-refractivity contribution < 1.29 is 9.53 Å². The van der Waals surface area contributed by atoms with E-state index in [1.165, 1.54) is 9.75 Å². The Morgan fingerprint density at radius 2 is 2.42 bits per heavy atom. The topological polar surface area (TPSA) is 41.6 Å². The van der Waals surface area contributed by atoms with Crippen molar-refractivity contribution in [2.75, 3.05) is 19.8 Å². The van der Waals surface area contributed by atoms with Crippen molar-refractivity contribution in [2.45, 2.75) is 39.3 Å². The average Bonchev–Trinajstić information content (AvgIpc) is 2.74. The highest BCUT2D eigenvalue weighted by atomic mass is 32.1. The normalized spacial score (nSPS) is 21.2. The molecule has 0 radical (unpaired) electrons. The molecule has 0 aromatic carbocycles. The van der Waals surface area contributed by atoms with Crippen LogP contribution in [0.15, 0.2) is 12.1 Å². The number of thiophene rings is 1. The van der Waals surface area contributed by atoms with Crippen molar-refractivity contribution in [3.05, 3.63) is 21.9 Å². The fourth-order valence-electron chi connectivity index (χ4n) is 2.27. The molecule has 1 aliphatic heterocycles. The van der Waals surface area contributed by atoms with E-state index in [4.69, 9.17) is 4.74 Å². The van der Waals surface area contributed by atoms with E-state index in [2.05, 4.69) is 31.3 Å². The minimum absolute atomic E-state index is 0.0246. The molecule has 5 heteroatoms. The molecule has 1 N–H and O–H groups in total. The maximum atomic E-state index is 12.2. The molecule has 1 fully saturated rings. The van der Waals surface area contributed by atoms with Crippen molar-refractivity contribution in [1.29, 1.82) is 0 Å². The molecule has 2 heterocycles. The van der Waals surface area contributed by atoms with Gasteiger partial charge < -0.3 is 15.0 Å². The molecule has 2 rings (SSSR count). The Bertz CT molecular complexity index is 433. The second-order valence-corrected chi connectivity index (χ2v) is 6.56. The van der Waals surface area contributed by atoms with Crippen LogP contribution in [0.4, 0.5) is 4.79 Å². The molecule has 0 aliphatic carbocycles. The molecule has 1 aromatic rings. The molecule has 106 valence electrons. The van der Waals surface area contributed by atoms with E-state index < -0.39 is 0 Å². The van der Waals surface area contributed by atoms with E-state index >= 15 is 0 Å². The lowest BCUT2D eigenvalue weighted by Crippen LogP contribution is -2.53. The maximum absolute atomic E-state index is 12.2. The predicted molar refractivity (Wildman–Crippen MR) is 77.7 cm³/mol. The molecule has 1 aliphatic rings. The number of urea groups is 1. The Labute approximate surface area is 118 Å². The summed E-state index contributed by atoms with van der Waals surface area (Å²) >= 11 is 1.79. The maximum Gasteiger partial charge on any atom is 0.318 e. The van der Waals surface area contributed by atoms with Crippen LogP contribution in [0, 0.1) is 6.92 Å². The van der Waals surface area contributed by atoms with Gasteiger partial charge in [-0.3, -0.25) is 0 Å². The van der Waals surface area contributed by atoms with E-state index in [0.717, 1.165) is 6.42 Å². The third-order valence-electron chi connectivity index (χ3n) is 3.30. The Morgan fingerprint density at radius 1 is 1.63 bits per heavy atom. The van der Waals surface area contributed by atoms with Crippen molar-refractivity contribution in [2.24, 2.45) is 0 Å². The number of rotatable bonds is 3. The number of nitrogens with zero attached hydrogens (tertiary/aromatic N) is 1. The van der Waals surface area contributed by atoms with Gasteiger partial charge in [0.05, 0.1) is 19.3 Å². The molecule has 0 bridgehead atoms. The fraction of sp³-hybridized carbons (Fsp3) is 0.643. The Hall–Kier alpha value is -1.07. The van der Waals surface area contributed by atoms with Gasteiger partial charge in [-0.2, -0.15) is 0 Å². The van der Waals surface area contributed by atoms with Gasteiger partial charge in [0.2, 0.25) is 0 Å². The standard InChI is InChI=1S/C14H22N2O2S/c1-10(8-13-5-4-12(3)19-13)15-14(17)16-6-7-18-9-11(16)2/h4-5,10-11H,6-9H2,1-3H3,(H,15,17). The summed E-state index contributed by atoms with van der Waals surface area (Å²) in [4.78, 5) is 16.7. The molecule has 4 nitrogen and oxygen atoms in total. The first-order chi connectivity index (χ1) is 9.06. The number of carbonyl (C=O) groups excluding carboxylic acids is 1. The number of hydrogen-bond acceptors (Lipinski definition) is 3. The summed E-state index contributed by atoms with van der Waals surface area (Å²) in [5, 5.41) is 3.08. The van der Waals surface area contributed by atoms with Gasteiger partial charge in [-0.25, -0.2) is 4.79 Å². The van der Waals surface area contributed by atoms with Gasteiger partial charge in [0, 0.05) is 28.8 Å². The van der Waals surface area contributed by atoms with Gasteiger partial charge in [0.1, 0.15) is 0 Å². The highest BCUT2D eigenvalue weighted by molar-refractivity contribution is 7.11. The Kier molecular flexibility index (Phi) is 4.82. The minimum atomic E-state index is 0.0246. The summed E-state index contributed by atoms with van der Waals surface area (Å²) in [7, 11) is 0. The van der Waals surface area contributed by atoms with Gasteiger partial charge in [0.25, 0.3) is 0 Å². The van der Waals surface area contributed by atoms with Gasteiger partial charge in [-0.1, -0.05) is 0 Å². The number of ether oxygens (including phenoxy) is 1. The van der Waals surface area contributed by atoms with E-state index in [1.54, 1.807) is 11.3 Å². The van der Waals surface area contributed by atoms with E-state index in [9.17, 15) is 4.79 Å². The van der Waals surface area contributed by atoms with Crippen molar-refractivity contribution in [3.63, 3.8) is 0 Å². The number of morpholine rings is 1. The van der Waals surface area contributed by atoms with Crippen LogP contribution in [0.25, 0.3) is 0 Å². The highest BCUT2D eigenvalue weighted by Gasteiger charge is 2.24. The predicted octanol–water partition coefficient (Wildman–Crippen LogP) is 2.42. The fourth-order valence-corrected chi connectivity index (χ4v) is 3.29. The third kappa shape index (κ3) is 3.94. The molecule has 2 unspecified atom stereocenters. The molecule has 0 spiro atoms. The van der Waals surface area contributed by atoms with Gasteiger partial charge in [0.15, 0.2) is 0 Å². The molecule has 0 saturated carbocycles. The van der Waals surface area contributed by atoms with Crippen molar-refractivity contribution in [3.8, 4) is 0 Å². The number of carbonyl (C=O) groups is 1. The van der Waals surface area contributed by atoms with Crippen LogP contribution >= 0.6 is 11.3 Å². The zero-order valence-corrected chi connectivity index (χ0v) is 12.6. The monoisotopic (exact) mass is 282 g/mol. The third-order valence-corrected chi connectivity index (χ3v) is 4.32. The number of nitrogens with one attached hydrogen (secondary N) is 1. The summed E-state index contributed by atoms with van der Waals surface area (Å²) < 4.78 is 5.35. The minimum Gasteiger partial charge on any atom is -0.377 e. The average molecular weight is 282 g/mol. The van der Waals surface area contributed by atoms with Gasteiger partial charge in [-0.05, 0) is 32.9 Å². The zero-order chi connectivity index (χ0) is 13.8. The summed E-state index contributed by atoms with van der Waals surface area (Å²) in [6.45, 7) is 8.12. The van der Waals surface area contributed by atoms with E-state index in [1.807, 2.05) is 11.8 Å². The summed E-state index contributed by atoms with van der Waals surface area (Å²) in [6.07, 6.45) is 0.892. The number of amides is 2. The molecular weight excluding hydrogens is 260 g/mol. The molecule has 19 heavy (non-hydrogen) atoms. The highest BCUT2D eigenvalue weighted by Crippen LogP contribution is 2.17. The summed E-state index contributed by atoms with van der Waals surface area (Å²) in [5.41, 5.74) is 0. The first-order valence-electron chi connectivity index (χ1n) is 6.76. The zero-order valence-electron chi connectivity index (χ0n) is 11.8. The van der Waals surface area contributed by atoms with Gasteiger partial charge >= 0.3 is 6.03 Å². The van der Waals surface area contributed by atoms with Crippen molar-refractivity contribution in [1.82, 2.24) is 10.2 Å². The number of aryl methyl sites for hydroxylation is 1. The lowest BCUT2D eigenvalue weighted by molar-refractivity contribution is 0.0185. The molecule has 1 aromatic heterocycles. The van der Waals surface area contributed by atoms with E-state index in [0.29, 0.717) is 19.8 Å². The molecular formula is C14H22N2O2S. The first-order valence-corrected chi connectivity index (χ1v) is 7.58. The van der Waals surface area contributed by atoms with E-state index in [-0.39, 0.29) is 18.1 Å². The Balaban J connectivity index is 1.84. The van der Waals surface area contributed by atoms with Crippen molar-refractivity contribution >= 4 is 17.4 Å². The van der Waals surface area contributed by atoms with Crippen LogP contribution in [0.3, 0.4) is 0 Å². The second kappa shape index (κ2) is 6.39. The second-order valence-electron chi connectivity index (χ2n) is 5.18. The van der Waals surface area contributed by atoms with Crippen LogP contribution in [-0.2, 0) is 11.2 Å². The van der Waals surface area contributed by atoms with Crippen LogP contribution in [-0.4, -0.2) is 42.8 Å². The number of hydrogen-bond donors (Lipinski definition) is 1. The first kappa shape index (κ1) is 14.3. The molecule has 2 amide bonds. The quantitative estimate of drug-likeness (QED) is 0.925.